The average molecular weight is 411 g/mol. The van der Waals surface area contributed by atoms with Gasteiger partial charge >= 0.3 is 6.01 Å². The third kappa shape index (κ3) is 4.63. The lowest BCUT2D eigenvalue weighted by atomic mass is 10.0. The molecule has 2 aromatic rings. The Bertz CT molecular complexity index is 865. The molecule has 7 nitrogen and oxygen atoms in total. The quantitative estimate of drug-likeness (QED) is 0.623. The molecular formula is C23H30N4O3. The second-order valence-corrected chi connectivity index (χ2v) is 8.01. The number of aromatic nitrogens is 2. The molecule has 1 amide bonds. The number of nitrogens with zero attached hydrogens (tertiary/aromatic N) is 4. The molecule has 1 saturated heterocycles. The second kappa shape index (κ2) is 9.53. The van der Waals surface area contributed by atoms with E-state index in [-0.39, 0.29) is 11.9 Å². The molecule has 30 heavy (non-hydrogen) atoms. The molecule has 1 aromatic heterocycles. The third-order valence-corrected chi connectivity index (χ3v) is 5.98. The van der Waals surface area contributed by atoms with Gasteiger partial charge in [0.25, 0.3) is 0 Å². The number of rotatable bonds is 8. The van der Waals surface area contributed by atoms with Gasteiger partial charge in [0.2, 0.25) is 5.91 Å². The summed E-state index contributed by atoms with van der Waals surface area (Å²) in [4.78, 5) is 25.5. The molecular weight excluding hydrogens is 380 g/mol. The highest BCUT2D eigenvalue weighted by Crippen LogP contribution is 2.30. The lowest BCUT2D eigenvalue weighted by molar-refractivity contribution is -0.117. The number of carbonyl (C=O) groups excluding carboxylic acids is 1. The molecule has 2 aliphatic rings. The van der Waals surface area contributed by atoms with E-state index in [1.54, 1.807) is 18.2 Å². The molecule has 0 N–H and O–H groups in total. The van der Waals surface area contributed by atoms with E-state index < -0.39 is 0 Å². The summed E-state index contributed by atoms with van der Waals surface area (Å²) in [7, 11) is 1.62. The van der Waals surface area contributed by atoms with Crippen LogP contribution in [0.5, 0.6) is 6.01 Å². The number of fused-ring (bicyclic) bond motifs is 1. The molecule has 1 fully saturated rings. The van der Waals surface area contributed by atoms with Crippen molar-refractivity contribution in [3.63, 3.8) is 0 Å². The fourth-order valence-corrected chi connectivity index (χ4v) is 4.17. The third-order valence-electron chi connectivity index (χ3n) is 5.98. The first kappa shape index (κ1) is 20.8. The fourth-order valence-electron chi connectivity index (χ4n) is 4.17. The van der Waals surface area contributed by atoms with E-state index in [9.17, 15) is 4.79 Å². The standard InChI is InChI=1S/C23H30N4O3/c1-17(26-10-4-3-5-11-26)19-8-6-18(7-9-19)16-27-21(28)14-20-15-24-23(25-22(20)27)30-13-12-29-2/h6-9,15,17H,3-5,10-14,16H2,1-2H3. The average Bonchev–Trinajstić information content (AvgIpc) is 3.09. The smallest absolute Gasteiger partial charge is 0.318 e. The van der Waals surface area contributed by atoms with E-state index in [1.165, 1.54) is 37.9 Å². The fraction of sp³-hybridized carbons (Fsp3) is 0.522. The van der Waals surface area contributed by atoms with E-state index in [1.807, 2.05) is 0 Å². The summed E-state index contributed by atoms with van der Waals surface area (Å²) >= 11 is 0. The molecule has 1 aromatic carbocycles. The number of methoxy groups -OCH3 is 1. The molecule has 0 spiro atoms. The topological polar surface area (TPSA) is 67.8 Å². The number of hydrogen-bond donors (Lipinski definition) is 0. The molecule has 1 atom stereocenters. The molecule has 0 bridgehead atoms. The normalized spacial score (nSPS) is 17.8. The summed E-state index contributed by atoms with van der Waals surface area (Å²) in [5.74, 6) is 0.687. The maximum Gasteiger partial charge on any atom is 0.318 e. The van der Waals surface area contributed by atoms with Crippen molar-refractivity contribution in [2.75, 3.05) is 38.3 Å². The summed E-state index contributed by atoms with van der Waals surface area (Å²) in [5, 5.41) is 0. The van der Waals surface area contributed by atoms with Crippen LogP contribution < -0.4 is 9.64 Å². The monoisotopic (exact) mass is 410 g/mol. The Kier molecular flexibility index (Phi) is 6.59. The molecule has 1 unspecified atom stereocenters. The molecule has 7 heteroatoms. The molecule has 0 aliphatic carbocycles. The maximum absolute atomic E-state index is 12.6. The SMILES string of the molecule is COCCOc1ncc2c(n1)N(Cc1ccc(C(C)N3CCCCC3)cc1)C(=O)C2. The Labute approximate surface area is 178 Å². The van der Waals surface area contributed by atoms with Crippen molar-refractivity contribution in [3.8, 4) is 6.01 Å². The molecule has 2 aliphatic heterocycles. The van der Waals surface area contributed by atoms with Gasteiger partial charge in [-0.25, -0.2) is 4.98 Å². The zero-order valence-electron chi connectivity index (χ0n) is 17.8. The van der Waals surface area contributed by atoms with Crippen molar-refractivity contribution < 1.29 is 14.3 Å². The Morgan fingerprint density at radius 1 is 1.10 bits per heavy atom. The summed E-state index contributed by atoms with van der Waals surface area (Å²) < 4.78 is 10.5. The van der Waals surface area contributed by atoms with Crippen molar-refractivity contribution in [1.82, 2.24) is 14.9 Å². The predicted molar refractivity (Wildman–Crippen MR) is 115 cm³/mol. The highest BCUT2D eigenvalue weighted by atomic mass is 16.5. The van der Waals surface area contributed by atoms with Gasteiger partial charge in [-0.2, -0.15) is 4.98 Å². The van der Waals surface area contributed by atoms with Crippen molar-refractivity contribution in [1.29, 1.82) is 0 Å². The van der Waals surface area contributed by atoms with Gasteiger partial charge in [0, 0.05) is 24.9 Å². The Morgan fingerprint density at radius 2 is 1.87 bits per heavy atom. The number of ether oxygens (including phenoxy) is 2. The van der Waals surface area contributed by atoms with Crippen LogP contribution in [0.2, 0.25) is 0 Å². The first-order valence-corrected chi connectivity index (χ1v) is 10.8. The largest absolute Gasteiger partial charge is 0.461 e. The minimum absolute atomic E-state index is 0.0408. The zero-order valence-corrected chi connectivity index (χ0v) is 17.8. The lowest BCUT2D eigenvalue weighted by Gasteiger charge is -2.32. The molecule has 4 rings (SSSR count). The number of carbonyl (C=O) groups is 1. The van der Waals surface area contributed by atoms with Crippen LogP contribution in [0.15, 0.2) is 30.5 Å². The first-order chi connectivity index (χ1) is 14.7. The predicted octanol–water partition coefficient (Wildman–Crippen LogP) is 3.14. The minimum atomic E-state index is 0.0408. The molecule has 0 saturated carbocycles. The number of likely N-dealkylation sites (tertiary alicyclic amines) is 1. The Hall–Kier alpha value is -2.51. The number of anilines is 1. The summed E-state index contributed by atoms with van der Waals surface area (Å²) in [5.41, 5.74) is 3.26. The highest BCUT2D eigenvalue weighted by molar-refractivity contribution is 6.00. The number of amides is 1. The maximum atomic E-state index is 12.6. The van der Waals surface area contributed by atoms with Gasteiger partial charge in [0.1, 0.15) is 12.4 Å². The van der Waals surface area contributed by atoms with Crippen molar-refractivity contribution in [2.45, 2.75) is 45.2 Å². The molecule has 0 radical (unpaired) electrons. The van der Waals surface area contributed by atoms with Crippen molar-refractivity contribution in [3.05, 3.63) is 47.2 Å². The molecule has 3 heterocycles. The van der Waals surface area contributed by atoms with E-state index in [4.69, 9.17) is 9.47 Å². The van der Waals surface area contributed by atoms with Crippen LogP contribution >= 0.6 is 0 Å². The Balaban J connectivity index is 1.44. The van der Waals surface area contributed by atoms with E-state index in [2.05, 4.69) is 46.1 Å². The van der Waals surface area contributed by atoms with Gasteiger partial charge < -0.3 is 9.47 Å². The number of benzene rings is 1. The van der Waals surface area contributed by atoms with Crippen LogP contribution in [-0.4, -0.2) is 54.2 Å². The lowest BCUT2D eigenvalue weighted by Crippen LogP contribution is -2.32. The van der Waals surface area contributed by atoms with E-state index in [0.717, 1.165) is 11.1 Å². The second-order valence-electron chi connectivity index (χ2n) is 8.01. The Morgan fingerprint density at radius 3 is 2.60 bits per heavy atom. The summed E-state index contributed by atoms with van der Waals surface area (Å²) in [6.45, 7) is 5.97. The van der Waals surface area contributed by atoms with Crippen molar-refractivity contribution in [2.24, 2.45) is 0 Å². The highest BCUT2D eigenvalue weighted by Gasteiger charge is 2.30. The number of hydrogen-bond acceptors (Lipinski definition) is 6. The molecule has 160 valence electrons. The van der Waals surface area contributed by atoms with Gasteiger partial charge in [-0.05, 0) is 44.0 Å². The van der Waals surface area contributed by atoms with Crippen LogP contribution in [0.25, 0.3) is 0 Å². The van der Waals surface area contributed by atoms with Gasteiger partial charge in [-0.15, -0.1) is 0 Å². The minimum Gasteiger partial charge on any atom is -0.461 e. The van der Waals surface area contributed by atoms with E-state index >= 15 is 0 Å². The summed E-state index contributed by atoms with van der Waals surface area (Å²) in [6.07, 6.45) is 5.94. The van der Waals surface area contributed by atoms with Gasteiger partial charge in [-0.1, -0.05) is 30.7 Å². The van der Waals surface area contributed by atoms with Gasteiger partial charge in [-0.3, -0.25) is 14.6 Å². The van der Waals surface area contributed by atoms with Crippen LogP contribution in [0.4, 0.5) is 5.82 Å². The zero-order chi connectivity index (χ0) is 20.9. The van der Waals surface area contributed by atoms with Crippen LogP contribution in [0.1, 0.15) is 48.9 Å². The first-order valence-electron chi connectivity index (χ1n) is 10.8. The van der Waals surface area contributed by atoms with Gasteiger partial charge in [0.05, 0.1) is 19.6 Å². The van der Waals surface area contributed by atoms with Crippen LogP contribution in [-0.2, 0) is 22.5 Å². The summed E-state index contributed by atoms with van der Waals surface area (Å²) in [6, 6.07) is 9.32. The van der Waals surface area contributed by atoms with Crippen molar-refractivity contribution >= 4 is 11.7 Å². The number of piperidine rings is 1. The van der Waals surface area contributed by atoms with Crippen LogP contribution in [0.3, 0.4) is 0 Å². The van der Waals surface area contributed by atoms with E-state index in [0.29, 0.717) is 38.0 Å². The van der Waals surface area contributed by atoms with Gasteiger partial charge in [0.15, 0.2) is 0 Å². The van der Waals surface area contributed by atoms with Crippen LogP contribution in [0, 0.1) is 0 Å².